The SMILES string of the molecule is C#CC(CC)NS(=O)(=O)c1cnc(C)s1. The van der Waals surface area contributed by atoms with Crippen LogP contribution in [-0.2, 0) is 10.0 Å². The number of aryl methyl sites for hydroxylation is 1. The lowest BCUT2D eigenvalue weighted by atomic mass is 10.3. The molecule has 0 radical (unpaired) electrons. The summed E-state index contributed by atoms with van der Waals surface area (Å²) in [6, 6.07) is -0.461. The lowest BCUT2D eigenvalue weighted by molar-refractivity contribution is 0.572. The van der Waals surface area contributed by atoms with Gasteiger partial charge in [-0.3, -0.25) is 0 Å². The van der Waals surface area contributed by atoms with Gasteiger partial charge in [0.2, 0.25) is 0 Å². The maximum atomic E-state index is 11.7. The van der Waals surface area contributed by atoms with Crippen LogP contribution >= 0.6 is 11.3 Å². The van der Waals surface area contributed by atoms with Crippen molar-refractivity contribution in [3.05, 3.63) is 11.2 Å². The fraction of sp³-hybridized carbons (Fsp3) is 0.444. The predicted molar refractivity (Wildman–Crippen MR) is 60.1 cm³/mol. The highest BCUT2D eigenvalue weighted by molar-refractivity contribution is 7.91. The number of nitrogens with one attached hydrogen (secondary N) is 1. The molecule has 0 fully saturated rings. The topological polar surface area (TPSA) is 59.1 Å². The molecule has 1 aromatic heterocycles. The van der Waals surface area contributed by atoms with Crippen LogP contribution in [0.2, 0.25) is 0 Å². The molecule has 0 aliphatic carbocycles. The van der Waals surface area contributed by atoms with Gasteiger partial charge in [0, 0.05) is 0 Å². The Bertz CT molecular complexity index is 471. The average Bonchev–Trinajstić information content (AvgIpc) is 2.62. The Morgan fingerprint density at radius 3 is 2.80 bits per heavy atom. The van der Waals surface area contributed by atoms with Crippen LogP contribution in [0, 0.1) is 19.3 Å². The van der Waals surface area contributed by atoms with E-state index < -0.39 is 16.1 Å². The monoisotopic (exact) mass is 244 g/mol. The zero-order valence-electron chi connectivity index (χ0n) is 8.52. The van der Waals surface area contributed by atoms with Gasteiger partial charge in [0.15, 0.2) is 4.21 Å². The Labute approximate surface area is 93.8 Å². The summed E-state index contributed by atoms with van der Waals surface area (Å²) in [5, 5.41) is 0.712. The highest BCUT2D eigenvalue weighted by atomic mass is 32.2. The predicted octanol–water partition coefficient (Wildman–Crippen LogP) is 1.14. The van der Waals surface area contributed by atoms with Gasteiger partial charge >= 0.3 is 0 Å². The molecule has 0 aliphatic rings. The van der Waals surface area contributed by atoms with Crippen molar-refractivity contribution < 1.29 is 8.42 Å². The second kappa shape index (κ2) is 4.75. The number of hydrogen-bond acceptors (Lipinski definition) is 4. The smallest absolute Gasteiger partial charge is 0.249 e. The Balaban J connectivity index is 2.90. The highest BCUT2D eigenvalue weighted by Gasteiger charge is 2.19. The van der Waals surface area contributed by atoms with E-state index in [2.05, 4.69) is 15.6 Å². The van der Waals surface area contributed by atoms with E-state index in [1.165, 1.54) is 6.20 Å². The summed E-state index contributed by atoms with van der Waals surface area (Å²) < 4.78 is 26.1. The summed E-state index contributed by atoms with van der Waals surface area (Å²) in [5.74, 6) is 2.38. The fourth-order valence-corrected chi connectivity index (χ4v) is 3.31. The van der Waals surface area contributed by atoms with Crippen molar-refractivity contribution in [2.24, 2.45) is 0 Å². The van der Waals surface area contributed by atoms with E-state index in [1.54, 1.807) is 6.92 Å². The van der Waals surface area contributed by atoms with E-state index in [-0.39, 0.29) is 4.21 Å². The summed E-state index contributed by atoms with van der Waals surface area (Å²) in [5.41, 5.74) is 0. The van der Waals surface area contributed by atoms with Gasteiger partial charge in [-0.1, -0.05) is 12.8 Å². The molecule has 1 rings (SSSR count). The summed E-state index contributed by atoms with van der Waals surface area (Å²) in [6.07, 6.45) is 7.09. The van der Waals surface area contributed by atoms with Crippen LogP contribution in [0.3, 0.4) is 0 Å². The van der Waals surface area contributed by atoms with Gasteiger partial charge in [-0.2, -0.15) is 4.72 Å². The maximum Gasteiger partial charge on any atom is 0.252 e. The second-order valence-corrected chi connectivity index (χ2v) is 6.12. The van der Waals surface area contributed by atoms with Gasteiger partial charge < -0.3 is 0 Å². The van der Waals surface area contributed by atoms with Crippen molar-refractivity contribution in [2.45, 2.75) is 30.5 Å². The molecule has 0 bridgehead atoms. The van der Waals surface area contributed by atoms with E-state index in [4.69, 9.17) is 6.42 Å². The molecule has 0 amide bonds. The first-order valence-corrected chi connectivity index (χ1v) is 6.70. The number of hydrogen-bond donors (Lipinski definition) is 1. The van der Waals surface area contributed by atoms with Crippen LogP contribution in [0.1, 0.15) is 18.4 Å². The Hall–Kier alpha value is -0.900. The number of sulfonamides is 1. The second-order valence-electron chi connectivity index (χ2n) is 2.95. The zero-order chi connectivity index (χ0) is 11.5. The molecule has 0 saturated carbocycles. The zero-order valence-corrected chi connectivity index (χ0v) is 10.2. The average molecular weight is 244 g/mol. The molecule has 1 heterocycles. The van der Waals surface area contributed by atoms with E-state index >= 15 is 0 Å². The maximum absolute atomic E-state index is 11.7. The Morgan fingerprint density at radius 1 is 1.73 bits per heavy atom. The van der Waals surface area contributed by atoms with Crippen LogP contribution in [0.4, 0.5) is 0 Å². The van der Waals surface area contributed by atoms with E-state index in [9.17, 15) is 8.42 Å². The summed E-state index contributed by atoms with van der Waals surface area (Å²) in [7, 11) is -3.50. The Morgan fingerprint density at radius 2 is 2.40 bits per heavy atom. The minimum atomic E-state index is -3.50. The lowest BCUT2D eigenvalue weighted by Crippen LogP contribution is -2.32. The number of aromatic nitrogens is 1. The number of terminal acetylenes is 1. The molecule has 15 heavy (non-hydrogen) atoms. The first kappa shape index (κ1) is 12.2. The highest BCUT2D eigenvalue weighted by Crippen LogP contribution is 2.17. The van der Waals surface area contributed by atoms with Crippen molar-refractivity contribution >= 4 is 21.4 Å². The molecule has 82 valence electrons. The molecule has 4 nitrogen and oxygen atoms in total. The standard InChI is InChI=1S/C9H12N2O2S2/c1-4-8(5-2)11-15(12,13)9-6-10-7(3)14-9/h1,6,8,11H,5H2,2-3H3. The fourth-order valence-electron chi connectivity index (χ4n) is 0.947. The molecule has 0 spiro atoms. The molecule has 1 atom stereocenters. The molecular formula is C9H12N2O2S2. The van der Waals surface area contributed by atoms with Crippen molar-refractivity contribution in [2.75, 3.05) is 0 Å². The van der Waals surface area contributed by atoms with Gasteiger partial charge in [0.1, 0.15) is 0 Å². The van der Waals surface area contributed by atoms with E-state index in [1.807, 2.05) is 6.92 Å². The van der Waals surface area contributed by atoms with Crippen LogP contribution < -0.4 is 4.72 Å². The molecule has 1 aromatic rings. The van der Waals surface area contributed by atoms with Crippen molar-refractivity contribution in [3.8, 4) is 12.3 Å². The lowest BCUT2D eigenvalue weighted by Gasteiger charge is -2.09. The molecule has 0 aliphatic heterocycles. The third-order valence-electron chi connectivity index (χ3n) is 1.77. The van der Waals surface area contributed by atoms with E-state index in [0.717, 1.165) is 11.3 Å². The number of thiazole rings is 1. The van der Waals surface area contributed by atoms with Crippen LogP contribution in [-0.4, -0.2) is 19.4 Å². The van der Waals surface area contributed by atoms with Gasteiger partial charge in [-0.25, -0.2) is 13.4 Å². The van der Waals surface area contributed by atoms with Crippen molar-refractivity contribution in [1.29, 1.82) is 0 Å². The third-order valence-corrected chi connectivity index (χ3v) is 4.62. The van der Waals surface area contributed by atoms with Gasteiger partial charge in [-0.15, -0.1) is 17.8 Å². The summed E-state index contributed by atoms with van der Waals surface area (Å²) in [4.78, 5) is 3.89. The minimum absolute atomic E-state index is 0.203. The molecule has 0 aromatic carbocycles. The van der Waals surface area contributed by atoms with Crippen LogP contribution in [0.5, 0.6) is 0 Å². The first-order chi connectivity index (χ1) is 6.99. The quantitative estimate of drug-likeness (QED) is 0.808. The first-order valence-electron chi connectivity index (χ1n) is 4.40. The van der Waals surface area contributed by atoms with Gasteiger partial charge in [-0.05, 0) is 13.3 Å². The summed E-state index contributed by atoms with van der Waals surface area (Å²) >= 11 is 1.13. The molecule has 1 N–H and O–H groups in total. The van der Waals surface area contributed by atoms with Gasteiger partial charge in [0.25, 0.3) is 10.0 Å². The van der Waals surface area contributed by atoms with Crippen molar-refractivity contribution in [3.63, 3.8) is 0 Å². The van der Waals surface area contributed by atoms with E-state index in [0.29, 0.717) is 11.4 Å². The van der Waals surface area contributed by atoms with Crippen molar-refractivity contribution in [1.82, 2.24) is 9.71 Å². The molecule has 0 saturated heterocycles. The van der Waals surface area contributed by atoms with Crippen LogP contribution in [0.25, 0.3) is 0 Å². The normalized spacial score (nSPS) is 13.4. The molecule has 1 unspecified atom stereocenters. The van der Waals surface area contributed by atoms with Crippen LogP contribution in [0.15, 0.2) is 10.4 Å². The third kappa shape index (κ3) is 3.02. The molecule has 6 heteroatoms. The Kier molecular flexibility index (Phi) is 3.85. The number of rotatable bonds is 4. The number of nitrogens with zero attached hydrogens (tertiary/aromatic N) is 1. The minimum Gasteiger partial charge on any atom is -0.249 e. The largest absolute Gasteiger partial charge is 0.252 e. The van der Waals surface area contributed by atoms with Gasteiger partial charge in [0.05, 0.1) is 17.2 Å². The molecular weight excluding hydrogens is 232 g/mol. The summed E-state index contributed by atoms with van der Waals surface area (Å²) in [6.45, 7) is 3.58.